The molecule has 3 aliphatic heterocycles. The molecule has 0 aliphatic carbocycles. The van der Waals surface area contributed by atoms with Crippen molar-refractivity contribution >= 4 is 11.6 Å². The number of hydrogen-bond donors (Lipinski definition) is 1. The van der Waals surface area contributed by atoms with Crippen LogP contribution in [0.3, 0.4) is 0 Å². The SMILES string of the molecule is Cc1cc(C)cc(NC(=O)[C@@H]2O[C@@H]3OC(C)(C)O[C@@H]3[C@@H]3OC(C)(C)O[C@H]32)c1. The molecule has 0 radical (unpaired) electrons. The Labute approximate surface area is 159 Å². The number of nitrogens with one attached hydrogen (secondary N) is 1. The highest BCUT2D eigenvalue weighted by Gasteiger charge is 2.62. The van der Waals surface area contributed by atoms with Crippen LogP contribution < -0.4 is 5.32 Å². The third kappa shape index (κ3) is 3.62. The summed E-state index contributed by atoms with van der Waals surface area (Å²) >= 11 is 0. The first-order valence-electron chi connectivity index (χ1n) is 9.29. The smallest absolute Gasteiger partial charge is 0.256 e. The van der Waals surface area contributed by atoms with E-state index in [1.165, 1.54) is 0 Å². The maximum atomic E-state index is 13.0. The Bertz CT molecular complexity index is 741. The topological polar surface area (TPSA) is 75.3 Å². The van der Waals surface area contributed by atoms with Gasteiger partial charge in [-0.1, -0.05) is 6.07 Å². The average Bonchev–Trinajstić information content (AvgIpc) is 2.99. The van der Waals surface area contributed by atoms with Gasteiger partial charge < -0.3 is 29.0 Å². The van der Waals surface area contributed by atoms with Crippen LogP contribution in [-0.4, -0.2) is 48.2 Å². The van der Waals surface area contributed by atoms with Gasteiger partial charge >= 0.3 is 0 Å². The highest BCUT2D eigenvalue weighted by atomic mass is 16.9. The zero-order valence-corrected chi connectivity index (χ0v) is 16.6. The van der Waals surface area contributed by atoms with Crippen molar-refractivity contribution in [1.82, 2.24) is 0 Å². The lowest BCUT2D eigenvalue weighted by molar-refractivity contribution is -0.229. The molecule has 3 saturated heterocycles. The van der Waals surface area contributed by atoms with Crippen LogP contribution in [0.2, 0.25) is 0 Å². The van der Waals surface area contributed by atoms with Gasteiger partial charge in [-0.15, -0.1) is 0 Å². The number of anilines is 1. The van der Waals surface area contributed by atoms with Crippen molar-refractivity contribution in [3.63, 3.8) is 0 Å². The zero-order chi connectivity index (χ0) is 19.6. The molecule has 0 spiro atoms. The third-order valence-corrected chi connectivity index (χ3v) is 4.90. The van der Waals surface area contributed by atoms with E-state index in [9.17, 15) is 4.79 Å². The number of amides is 1. The largest absolute Gasteiger partial charge is 0.342 e. The minimum atomic E-state index is -0.864. The van der Waals surface area contributed by atoms with Gasteiger partial charge in [0.25, 0.3) is 5.91 Å². The van der Waals surface area contributed by atoms with Crippen molar-refractivity contribution < 1.29 is 28.5 Å². The summed E-state index contributed by atoms with van der Waals surface area (Å²) < 4.78 is 29.8. The Hall–Kier alpha value is -1.51. The first kappa shape index (κ1) is 18.8. The second-order valence-electron chi connectivity index (χ2n) is 8.46. The number of carbonyl (C=O) groups excluding carboxylic acids is 1. The number of aryl methyl sites for hydroxylation is 2. The Balaban J connectivity index is 1.59. The molecule has 27 heavy (non-hydrogen) atoms. The summed E-state index contributed by atoms with van der Waals surface area (Å²) in [5, 5.41) is 2.94. The molecule has 0 aromatic heterocycles. The Kier molecular flexibility index (Phi) is 4.36. The maximum absolute atomic E-state index is 13.0. The number of rotatable bonds is 2. The van der Waals surface area contributed by atoms with Crippen LogP contribution in [0.1, 0.15) is 38.8 Å². The van der Waals surface area contributed by atoms with Gasteiger partial charge in [-0.05, 0) is 64.8 Å². The van der Waals surface area contributed by atoms with Crippen molar-refractivity contribution in [3.8, 4) is 0 Å². The van der Waals surface area contributed by atoms with Crippen LogP contribution in [0.15, 0.2) is 18.2 Å². The number of benzene rings is 1. The van der Waals surface area contributed by atoms with Crippen LogP contribution in [-0.2, 0) is 28.5 Å². The van der Waals surface area contributed by atoms with E-state index in [0.717, 1.165) is 16.8 Å². The lowest BCUT2D eigenvalue weighted by Gasteiger charge is -2.36. The van der Waals surface area contributed by atoms with E-state index < -0.39 is 42.3 Å². The van der Waals surface area contributed by atoms with Gasteiger partial charge in [-0.3, -0.25) is 4.79 Å². The summed E-state index contributed by atoms with van der Waals surface area (Å²) in [7, 11) is 0. The molecular formula is C20H27NO6. The molecule has 1 amide bonds. The molecule has 5 atom stereocenters. The summed E-state index contributed by atoms with van der Waals surface area (Å²) in [4.78, 5) is 13.0. The quantitative estimate of drug-likeness (QED) is 0.854. The molecule has 4 rings (SSSR count). The molecule has 148 valence electrons. The number of ether oxygens (including phenoxy) is 5. The van der Waals surface area contributed by atoms with Crippen molar-refractivity contribution in [1.29, 1.82) is 0 Å². The molecule has 3 fully saturated rings. The fraction of sp³-hybridized carbons (Fsp3) is 0.650. The monoisotopic (exact) mass is 377 g/mol. The summed E-state index contributed by atoms with van der Waals surface area (Å²) in [5.41, 5.74) is 2.87. The molecule has 7 nitrogen and oxygen atoms in total. The minimum Gasteiger partial charge on any atom is -0.342 e. The van der Waals surface area contributed by atoms with Crippen molar-refractivity contribution in [2.24, 2.45) is 0 Å². The first-order valence-corrected chi connectivity index (χ1v) is 9.29. The van der Waals surface area contributed by atoms with E-state index >= 15 is 0 Å². The van der Waals surface area contributed by atoms with Crippen LogP contribution in [0.4, 0.5) is 5.69 Å². The van der Waals surface area contributed by atoms with Crippen LogP contribution >= 0.6 is 0 Å². The average molecular weight is 377 g/mol. The molecule has 7 heteroatoms. The van der Waals surface area contributed by atoms with E-state index in [1.54, 1.807) is 0 Å². The zero-order valence-electron chi connectivity index (χ0n) is 16.6. The van der Waals surface area contributed by atoms with E-state index in [1.807, 2.05) is 53.7 Å². The fourth-order valence-corrected chi connectivity index (χ4v) is 4.08. The summed E-state index contributed by atoms with van der Waals surface area (Å²) in [6.07, 6.45) is -3.03. The molecule has 0 saturated carbocycles. The highest BCUT2D eigenvalue weighted by molar-refractivity contribution is 5.95. The van der Waals surface area contributed by atoms with Gasteiger partial charge in [0.1, 0.15) is 18.3 Å². The minimum absolute atomic E-state index is 0.289. The van der Waals surface area contributed by atoms with Crippen molar-refractivity contribution in [3.05, 3.63) is 29.3 Å². The number of fused-ring (bicyclic) bond motifs is 3. The second-order valence-corrected chi connectivity index (χ2v) is 8.46. The summed E-state index contributed by atoms with van der Waals surface area (Å²) in [6.45, 7) is 11.2. The standard InChI is InChI=1S/C20H27NO6/c1-10-7-11(2)9-12(8-10)21-17(22)15-13-14(25-19(3,4)24-13)16-18(23-15)27-20(5,6)26-16/h7-9,13-16,18H,1-6H3,(H,21,22)/t13-,14-,15-,16-,18-/m1/s1. The molecule has 0 bridgehead atoms. The second kappa shape index (κ2) is 6.25. The number of hydrogen-bond acceptors (Lipinski definition) is 6. The normalized spacial score (nSPS) is 36.1. The molecule has 3 heterocycles. The van der Waals surface area contributed by atoms with Gasteiger partial charge in [0, 0.05) is 5.69 Å². The number of carbonyl (C=O) groups is 1. The van der Waals surface area contributed by atoms with Gasteiger partial charge in [0.15, 0.2) is 24.0 Å². The predicted octanol–water partition coefficient (Wildman–Crippen LogP) is 2.64. The summed E-state index contributed by atoms with van der Waals surface area (Å²) in [5.74, 6) is -1.93. The molecule has 1 aromatic carbocycles. The van der Waals surface area contributed by atoms with Crippen LogP contribution in [0.25, 0.3) is 0 Å². The maximum Gasteiger partial charge on any atom is 0.256 e. The van der Waals surface area contributed by atoms with Crippen molar-refractivity contribution in [2.45, 2.75) is 83.8 Å². The van der Waals surface area contributed by atoms with Gasteiger partial charge in [-0.2, -0.15) is 0 Å². The fourth-order valence-electron chi connectivity index (χ4n) is 4.08. The van der Waals surface area contributed by atoms with E-state index in [-0.39, 0.29) is 5.91 Å². The van der Waals surface area contributed by atoms with E-state index in [2.05, 4.69) is 11.4 Å². The molecule has 0 unspecified atom stereocenters. The highest BCUT2D eigenvalue weighted by Crippen LogP contribution is 2.44. The molecule has 3 aliphatic rings. The van der Waals surface area contributed by atoms with Gasteiger partial charge in [-0.25, -0.2) is 0 Å². The third-order valence-electron chi connectivity index (χ3n) is 4.90. The van der Waals surface area contributed by atoms with Crippen LogP contribution in [0, 0.1) is 13.8 Å². The molecule has 1 aromatic rings. The lowest BCUT2D eigenvalue weighted by atomic mass is 9.98. The van der Waals surface area contributed by atoms with Gasteiger partial charge in [0.05, 0.1) is 0 Å². The summed E-state index contributed by atoms with van der Waals surface area (Å²) in [6, 6.07) is 5.89. The van der Waals surface area contributed by atoms with Gasteiger partial charge in [0.2, 0.25) is 0 Å². The Morgan fingerprint density at radius 1 is 0.852 bits per heavy atom. The lowest BCUT2D eigenvalue weighted by Crippen LogP contribution is -2.58. The Morgan fingerprint density at radius 3 is 2.07 bits per heavy atom. The van der Waals surface area contributed by atoms with E-state index in [0.29, 0.717) is 0 Å². The Morgan fingerprint density at radius 2 is 1.41 bits per heavy atom. The van der Waals surface area contributed by atoms with Crippen molar-refractivity contribution in [2.75, 3.05) is 5.32 Å². The molecular weight excluding hydrogens is 350 g/mol. The van der Waals surface area contributed by atoms with Crippen LogP contribution in [0.5, 0.6) is 0 Å². The first-order chi connectivity index (χ1) is 12.5. The van der Waals surface area contributed by atoms with E-state index in [4.69, 9.17) is 23.7 Å². The molecule has 1 N–H and O–H groups in total. The predicted molar refractivity (Wildman–Crippen MR) is 97.1 cm³/mol.